The minimum atomic E-state index is -0.975. The van der Waals surface area contributed by atoms with Crippen molar-refractivity contribution in [3.8, 4) is 17.2 Å². The lowest BCUT2D eigenvalue weighted by Gasteiger charge is -2.37. The van der Waals surface area contributed by atoms with Crippen molar-refractivity contribution in [2.24, 2.45) is 5.92 Å². The molecule has 1 aliphatic heterocycles. The maximum atomic E-state index is 13.9. The van der Waals surface area contributed by atoms with Crippen LogP contribution in [0.25, 0.3) is 0 Å². The number of hydrogen-bond acceptors (Lipinski definition) is 8. The number of hydrogen-bond donors (Lipinski definition) is 1. The molecule has 9 heteroatoms. The van der Waals surface area contributed by atoms with E-state index in [-0.39, 0.29) is 24.7 Å². The number of esters is 1. The molecule has 0 bridgehead atoms. The molecule has 1 aromatic heterocycles. The Kier molecular flexibility index (Phi) is 6.92. The van der Waals surface area contributed by atoms with Gasteiger partial charge in [-0.25, -0.2) is 0 Å². The van der Waals surface area contributed by atoms with Crippen molar-refractivity contribution in [3.05, 3.63) is 51.4 Å². The summed E-state index contributed by atoms with van der Waals surface area (Å²) in [4.78, 5) is 40.5. The van der Waals surface area contributed by atoms with Crippen LogP contribution in [0.2, 0.25) is 0 Å². The summed E-state index contributed by atoms with van der Waals surface area (Å²) < 4.78 is 21.7. The van der Waals surface area contributed by atoms with Crippen molar-refractivity contribution in [2.75, 3.05) is 27.9 Å². The van der Waals surface area contributed by atoms with Crippen LogP contribution in [-0.2, 0) is 19.1 Å². The molecule has 34 heavy (non-hydrogen) atoms. The van der Waals surface area contributed by atoms with Gasteiger partial charge in [0.2, 0.25) is 11.7 Å². The Morgan fingerprint density at radius 1 is 1.09 bits per heavy atom. The molecule has 2 heterocycles. The SMILES string of the molecule is CCOC(=O)[C@H]1C(=O)C2=C(C[C@@H]1c1cccs1)NC(=O)C[C@@H]2c1cc(OC)c(OC)c(OC)c1. The van der Waals surface area contributed by atoms with Gasteiger partial charge in [-0.15, -0.1) is 11.3 Å². The number of Topliss-reactive ketones (excluding diaryl/α,β-unsaturated/α-hetero) is 1. The van der Waals surface area contributed by atoms with Crippen LogP contribution in [0.15, 0.2) is 40.9 Å². The molecule has 180 valence electrons. The molecule has 0 unspecified atom stereocenters. The Bertz CT molecular complexity index is 1110. The Morgan fingerprint density at radius 3 is 2.35 bits per heavy atom. The molecule has 0 saturated carbocycles. The number of allylic oxidation sites excluding steroid dienone is 2. The molecular weight excluding hydrogens is 458 g/mol. The van der Waals surface area contributed by atoms with Crippen LogP contribution in [0.5, 0.6) is 17.2 Å². The Hall–Kier alpha value is -3.33. The van der Waals surface area contributed by atoms with Gasteiger partial charge in [0.25, 0.3) is 0 Å². The normalized spacial score (nSPS) is 22.1. The third-order valence-corrected chi connectivity index (χ3v) is 7.27. The fourth-order valence-electron chi connectivity index (χ4n) is 4.81. The van der Waals surface area contributed by atoms with E-state index in [1.165, 1.54) is 32.7 Å². The van der Waals surface area contributed by atoms with Crippen LogP contribution in [0.3, 0.4) is 0 Å². The molecule has 1 amide bonds. The van der Waals surface area contributed by atoms with Crippen molar-refractivity contribution >= 4 is 29.0 Å². The average molecular weight is 486 g/mol. The molecule has 1 aromatic carbocycles. The molecule has 0 fully saturated rings. The van der Waals surface area contributed by atoms with Crippen molar-refractivity contribution in [2.45, 2.75) is 31.6 Å². The highest BCUT2D eigenvalue weighted by Crippen LogP contribution is 2.48. The van der Waals surface area contributed by atoms with E-state index in [2.05, 4.69) is 5.32 Å². The van der Waals surface area contributed by atoms with Crippen molar-refractivity contribution in [1.82, 2.24) is 5.32 Å². The van der Waals surface area contributed by atoms with Crippen molar-refractivity contribution in [3.63, 3.8) is 0 Å². The molecular formula is C25H27NO7S. The average Bonchev–Trinajstić information content (AvgIpc) is 3.37. The van der Waals surface area contributed by atoms with Gasteiger partial charge >= 0.3 is 5.97 Å². The van der Waals surface area contributed by atoms with E-state index in [9.17, 15) is 14.4 Å². The number of nitrogens with one attached hydrogen (secondary N) is 1. The smallest absolute Gasteiger partial charge is 0.317 e. The first-order valence-corrected chi connectivity index (χ1v) is 11.9. The maximum Gasteiger partial charge on any atom is 0.317 e. The summed E-state index contributed by atoms with van der Waals surface area (Å²) >= 11 is 1.48. The zero-order chi connectivity index (χ0) is 24.4. The lowest BCUT2D eigenvalue weighted by molar-refractivity contribution is -0.152. The Balaban J connectivity index is 1.85. The van der Waals surface area contributed by atoms with Crippen LogP contribution < -0.4 is 19.5 Å². The summed E-state index contributed by atoms with van der Waals surface area (Å²) in [6.45, 7) is 1.90. The Morgan fingerprint density at radius 2 is 1.79 bits per heavy atom. The molecule has 1 aliphatic carbocycles. The third kappa shape index (κ3) is 4.16. The summed E-state index contributed by atoms with van der Waals surface area (Å²) in [5.74, 6) is -1.73. The zero-order valence-electron chi connectivity index (χ0n) is 19.5. The topological polar surface area (TPSA) is 100 Å². The van der Waals surface area contributed by atoms with Crippen LogP contribution in [0.1, 0.15) is 42.0 Å². The minimum Gasteiger partial charge on any atom is -0.493 e. The molecule has 0 spiro atoms. The first kappa shape index (κ1) is 23.8. The fourth-order valence-corrected chi connectivity index (χ4v) is 5.68. The summed E-state index contributed by atoms with van der Waals surface area (Å²) in [5, 5.41) is 4.80. The van der Waals surface area contributed by atoms with Gasteiger partial charge in [0.05, 0.1) is 27.9 Å². The number of rotatable bonds is 7. The number of ether oxygens (including phenoxy) is 4. The molecule has 4 rings (SSSR count). The molecule has 2 aliphatic rings. The van der Waals surface area contributed by atoms with Crippen LogP contribution >= 0.6 is 11.3 Å². The lowest BCUT2D eigenvalue weighted by Crippen LogP contribution is -2.44. The number of ketones is 1. The van der Waals surface area contributed by atoms with Gasteiger partial charge < -0.3 is 24.3 Å². The molecule has 8 nitrogen and oxygen atoms in total. The molecule has 2 aromatic rings. The van der Waals surface area contributed by atoms with Crippen LogP contribution in [-0.4, -0.2) is 45.6 Å². The van der Waals surface area contributed by atoms with E-state index in [4.69, 9.17) is 18.9 Å². The highest BCUT2D eigenvalue weighted by molar-refractivity contribution is 7.10. The summed E-state index contributed by atoms with van der Waals surface area (Å²) in [6.07, 6.45) is 0.417. The van der Waals surface area contributed by atoms with Gasteiger partial charge in [-0.2, -0.15) is 0 Å². The lowest BCUT2D eigenvalue weighted by atomic mass is 9.69. The quantitative estimate of drug-likeness (QED) is 0.473. The van der Waals surface area contributed by atoms with E-state index in [0.29, 0.717) is 40.5 Å². The second-order valence-electron chi connectivity index (χ2n) is 8.08. The number of carbonyl (C=O) groups is 3. The van der Waals surface area contributed by atoms with E-state index in [0.717, 1.165) is 4.88 Å². The highest BCUT2D eigenvalue weighted by atomic mass is 32.1. The molecule has 0 radical (unpaired) electrons. The van der Waals surface area contributed by atoms with Gasteiger partial charge in [0.1, 0.15) is 5.92 Å². The number of amides is 1. The largest absolute Gasteiger partial charge is 0.493 e. The van der Waals surface area contributed by atoms with Gasteiger partial charge in [-0.1, -0.05) is 6.07 Å². The van der Waals surface area contributed by atoms with Crippen LogP contribution in [0, 0.1) is 5.92 Å². The fraction of sp³-hybridized carbons (Fsp3) is 0.400. The van der Waals surface area contributed by atoms with E-state index >= 15 is 0 Å². The number of carbonyl (C=O) groups excluding carboxylic acids is 3. The molecule has 1 N–H and O–H groups in total. The van der Waals surface area contributed by atoms with Crippen LogP contribution in [0.4, 0.5) is 0 Å². The second-order valence-corrected chi connectivity index (χ2v) is 9.06. The molecule has 0 saturated heterocycles. The minimum absolute atomic E-state index is 0.0580. The van der Waals surface area contributed by atoms with Crippen molar-refractivity contribution < 1.29 is 33.3 Å². The van der Waals surface area contributed by atoms with Gasteiger partial charge in [0.15, 0.2) is 17.3 Å². The first-order chi connectivity index (χ1) is 16.4. The maximum absolute atomic E-state index is 13.9. The summed E-state index contributed by atoms with van der Waals surface area (Å²) in [5.41, 5.74) is 1.65. The van der Waals surface area contributed by atoms with Crippen molar-refractivity contribution in [1.29, 1.82) is 0 Å². The number of thiophene rings is 1. The summed E-state index contributed by atoms with van der Waals surface area (Å²) in [7, 11) is 4.52. The second kappa shape index (κ2) is 9.89. The van der Waals surface area contributed by atoms with E-state index in [1.807, 2.05) is 17.5 Å². The monoisotopic (exact) mass is 485 g/mol. The van der Waals surface area contributed by atoms with E-state index < -0.39 is 23.7 Å². The number of benzene rings is 1. The zero-order valence-corrected chi connectivity index (χ0v) is 20.3. The number of methoxy groups -OCH3 is 3. The van der Waals surface area contributed by atoms with E-state index in [1.54, 1.807) is 19.1 Å². The summed E-state index contributed by atoms with van der Waals surface area (Å²) in [6, 6.07) is 7.27. The highest BCUT2D eigenvalue weighted by Gasteiger charge is 2.48. The van der Waals surface area contributed by atoms with Gasteiger partial charge in [0, 0.05) is 34.4 Å². The first-order valence-electron chi connectivity index (χ1n) is 11.0. The predicted octanol–water partition coefficient (Wildman–Crippen LogP) is 3.57. The Labute approximate surface area is 201 Å². The van der Waals surface area contributed by atoms with Gasteiger partial charge in [-0.3, -0.25) is 14.4 Å². The molecule has 3 atom stereocenters. The van der Waals surface area contributed by atoms with Gasteiger partial charge in [-0.05, 0) is 42.5 Å². The predicted molar refractivity (Wildman–Crippen MR) is 125 cm³/mol. The standard InChI is InChI=1S/C25H27NO7S/c1-5-33-25(29)22-15(19-7-6-8-34-19)11-16-21(23(22)28)14(12-20(27)26-16)13-9-17(30-2)24(32-4)18(10-13)31-3/h6-10,14-15,22H,5,11-12H2,1-4H3,(H,26,27)/t14-,15-,22-/m1/s1. The third-order valence-electron chi connectivity index (χ3n) is 6.27.